The maximum absolute atomic E-state index is 6.22. The van der Waals surface area contributed by atoms with Crippen LogP contribution in [-0.4, -0.2) is 34.0 Å². The standard InChI is InChI=1S/C22H22N6S/c23-19-6-2-4-16(10-19)15-3-1-5-17(9-15)22-14-28(20-11-25-7-8-26-20)12-18(22)13-29-21(24)27-22/h1-11,18H,12-14,23H2,(H2,24,27)/t18-,22+/m0/s1. The molecule has 29 heavy (non-hydrogen) atoms. The predicted molar refractivity (Wildman–Crippen MR) is 120 cm³/mol. The molecule has 4 N–H and O–H groups in total. The quantitative estimate of drug-likeness (QED) is 0.654. The second-order valence-corrected chi connectivity index (χ2v) is 8.57. The highest BCUT2D eigenvalue weighted by Crippen LogP contribution is 2.46. The van der Waals surface area contributed by atoms with Gasteiger partial charge in [0.2, 0.25) is 0 Å². The van der Waals surface area contributed by atoms with Crippen molar-refractivity contribution in [3.8, 4) is 11.1 Å². The number of fused-ring (bicyclic) bond motifs is 1. The number of aromatic nitrogens is 2. The summed E-state index contributed by atoms with van der Waals surface area (Å²) in [5.74, 6) is 2.17. The van der Waals surface area contributed by atoms with Gasteiger partial charge in [-0.15, -0.1) is 0 Å². The second kappa shape index (κ2) is 7.08. The number of hydrogen-bond acceptors (Lipinski definition) is 7. The molecule has 2 atom stereocenters. The average molecular weight is 403 g/mol. The summed E-state index contributed by atoms with van der Waals surface area (Å²) in [6.45, 7) is 1.61. The fourth-order valence-electron chi connectivity index (χ4n) is 4.34. The molecule has 1 fully saturated rings. The third kappa shape index (κ3) is 3.21. The molecule has 0 spiro atoms. The number of aliphatic imine (C=N–C) groups is 1. The van der Waals surface area contributed by atoms with E-state index < -0.39 is 0 Å². The molecule has 0 unspecified atom stereocenters. The van der Waals surface area contributed by atoms with Crippen LogP contribution in [0, 0.1) is 5.92 Å². The Morgan fingerprint density at radius 3 is 2.66 bits per heavy atom. The lowest BCUT2D eigenvalue weighted by Gasteiger charge is -2.35. The molecule has 146 valence electrons. The number of rotatable bonds is 3. The summed E-state index contributed by atoms with van der Waals surface area (Å²) in [7, 11) is 0. The van der Waals surface area contributed by atoms with E-state index in [2.05, 4.69) is 45.2 Å². The molecule has 1 saturated heterocycles. The first-order chi connectivity index (χ1) is 14.1. The van der Waals surface area contributed by atoms with Gasteiger partial charge in [-0.1, -0.05) is 42.1 Å². The van der Waals surface area contributed by atoms with Crippen molar-refractivity contribution in [3.05, 3.63) is 72.7 Å². The van der Waals surface area contributed by atoms with E-state index in [9.17, 15) is 0 Å². The van der Waals surface area contributed by atoms with E-state index in [1.165, 1.54) is 5.56 Å². The highest BCUT2D eigenvalue weighted by atomic mass is 32.2. The number of nitrogen functional groups attached to an aromatic ring is 1. The average Bonchev–Trinajstić information content (AvgIpc) is 3.15. The van der Waals surface area contributed by atoms with Crippen LogP contribution in [0.2, 0.25) is 0 Å². The molecule has 1 aromatic heterocycles. The Kier molecular flexibility index (Phi) is 4.39. The van der Waals surface area contributed by atoms with Crippen molar-refractivity contribution >= 4 is 28.4 Å². The third-order valence-corrected chi connectivity index (χ3v) is 6.70. The Hall–Kier alpha value is -3.06. The van der Waals surface area contributed by atoms with Gasteiger partial charge in [-0.05, 0) is 34.9 Å². The molecule has 0 bridgehead atoms. The first-order valence-electron chi connectivity index (χ1n) is 9.60. The first-order valence-corrected chi connectivity index (χ1v) is 10.6. The summed E-state index contributed by atoms with van der Waals surface area (Å²) in [6, 6.07) is 16.6. The van der Waals surface area contributed by atoms with Crippen molar-refractivity contribution in [1.82, 2.24) is 9.97 Å². The van der Waals surface area contributed by atoms with Gasteiger partial charge in [0.25, 0.3) is 0 Å². The lowest BCUT2D eigenvalue weighted by molar-refractivity contribution is 0.388. The molecule has 3 heterocycles. The fraction of sp³-hybridized carbons (Fsp3) is 0.227. The van der Waals surface area contributed by atoms with E-state index in [0.29, 0.717) is 11.1 Å². The van der Waals surface area contributed by atoms with Crippen LogP contribution in [0.5, 0.6) is 0 Å². The van der Waals surface area contributed by atoms with Gasteiger partial charge in [0.1, 0.15) is 11.4 Å². The van der Waals surface area contributed by atoms with E-state index in [1.807, 2.05) is 24.4 Å². The summed E-state index contributed by atoms with van der Waals surface area (Å²) in [5.41, 5.74) is 16.0. The van der Waals surface area contributed by atoms with Crippen LogP contribution < -0.4 is 16.4 Å². The largest absolute Gasteiger partial charge is 0.399 e. The summed E-state index contributed by atoms with van der Waals surface area (Å²) < 4.78 is 0. The minimum Gasteiger partial charge on any atom is -0.399 e. The smallest absolute Gasteiger partial charge is 0.154 e. The maximum atomic E-state index is 6.22. The van der Waals surface area contributed by atoms with Crippen molar-refractivity contribution in [2.75, 3.05) is 29.5 Å². The summed E-state index contributed by atoms with van der Waals surface area (Å²) in [5, 5.41) is 0.650. The zero-order valence-electron chi connectivity index (χ0n) is 15.9. The Bertz CT molecular complexity index is 1070. The number of amidine groups is 1. The first kappa shape index (κ1) is 18.0. The molecule has 5 rings (SSSR count). The van der Waals surface area contributed by atoms with Crippen molar-refractivity contribution in [2.45, 2.75) is 5.54 Å². The van der Waals surface area contributed by atoms with Gasteiger partial charge in [0, 0.05) is 42.8 Å². The van der Waals surface area contributed by atoms with Gasteiger partial charge in [-0.2, -0.15) is 0 Å². The minimum atomic E-state index is -0.386. The van der Waals surface area contributed by atoms with E-state index in [0.717, 1.165) is 41.5 Å². The Labute approximate surface area is 174 Å². The molecule has 0 radical (unpaired) electrons. The number of benzene rings is 2. The third-order valence-electron chi connectivity index (χ3n) is 5.75. The number of anilines is 2. The van der Waals surface area contributed by atoms with E-state index in [-0.39, 0.29) is 5.54 Å². The number of hydrogen-bond donors (Lipinski definition) is 2. The van der Waals surface area contributed by atoms with Gasteiger partial charge < -0.3 is 16.4 Å². The van der Waals surface area contributed by atoms with E-state index in [1.54, 1.807) is 24.2 Å². The van der Waals surface area contributed by atoms with E-state index >= 15 is 0 Å². The topological polar surface area (TPSA) is 93.4 Å². The van der Waals surface area contributed by atoms with Gasteiger partial charge in [-0.25, -0.2) is 9.98 Å². The molecule has 0 saturated carbocycles. The zero-order valence-corrected chi connectivity index (χ0v) is 16.7. The SMILES string of the molecule is NC1=N[C@@]2(c3cccc(-c4cccc(N)c4)c3)CN(c3cnccn3)C[C@H]2CS1. The van der Waals surface area contributed by atoms with Gasteiger partial charge in [0.05, 0.1) is 6.20 Å². The fourth-order valence-corrected chi connectivity index (χ4v) is 5.32. The molecular weight excluding hydrogens is 380 g/mol. The highest BCUT2D eigenvalue weighted by molar-refractivity contribution is 8.13. The lowest BCUT2D eigenvalue weighted by Crippen LogP contribution is -2.40. The van der Waals surface area contributed by atoms with Crippen molar-refractivity contribution < 1.29 is 0 Å². The van der Waals surface area contributed by atoms with Crippen molar-refractivity contribution in [2.24, 2.45) is 16.6 Å². The molecule has 3 aromatic rings. The lowest BCUT2D eigenvalue weighted by atomic mass is 9.81. The normalized spacial score (nSPS) is 23.5. The van der Waals surface area contributed by atoms with Crippen LogP contribution >= 0.6 is 11.8 Å². The van der Waals surface area contributed by atoms with Crippen molar-refractivity contribution in [3.63, 3.8) is 0 Å². The van der Waals surface area contributed by atoms with Crippen LogP contribution in [0.4, 0.5) is 11.5 Å². The second-order valence-electron chi connectivity index (χ2n) is 7.53. The van der Waals surface area contributed by atoms with Crippen LogP contribution in [0.3, 0.4) is 0 Å². The molecule has 2 aliphatic rings. The molecular formula is C22H22N6S. The molecule has 2 aromatic carbocycles. The molecule has 7 heteroatoms. The van der Waals surface area contributed by atoms with Gasteiger partial charge in [-0.3, -0.25) is 4.98 Å². The van der Waals surface area contributed by atoms with Crippen LogP contribution in [0.1, 0.15) is 5.56 Å². The summed E-state index contributed by atoms with van der Waals surface area (Å²) >= 11 is 1.64. The van der Waals surface area contributed by atoms with E-state index in [4.69, 9.17) is 16.5 Å². The molecule has 0 amide bonds. The summed E-state index contributed by atoms with van der Waals surface area (Å²) in [4.78, 5) is 16.0. The Balaban J connectivity index is 1.58. The Morgan fingerprint density at radius 1 is 1.03 bits per heavy atom. The number of nitrogens with zero attached hydrogens (tertiary/aromatic N) is 4. The molecule has 6 nitrogen and oxygen atoms in total. The van der Waals surface area contributed by atoms with Crippen LogP contribution in [-0.2, 0) is 5.54 Å². The summed E-state index contributed by atoms with van der Waals surface area (Å²) in [6.07, 6.45) is 5.24. The highest BCUT2D eigenvalue weighted by Gasteiger charge is 2.50. The Morgan fingerprint density at radius 2 is 1.86 bits per heavy atom. The molecule has 0 aliphatic carbocycles. The van der Waals surface area contributed by atoms with Gasteiger partial charge >= 0.3 is 0 Å². The van der Waals surface area contributed by atoms with Crippen LogP contribution in [0.25, 0.3) is 11.1 Å². The number of thioether (sulfide) groups is 1. The maximum Gasteiger partial charge on any atom is 0.154 e. The van der Waals surface area contributed by atoms with Crippen molar-refractivity contribution in [1.29, 1.82) is 0 Å². The predicted octanol–water partition coefficient (Wildman–Crippen LogP) is 3.12. The minimum absolute atomic E-state index is 0.345. The van der Waals surface area contributed by atoms with Crippen LogP contribution in [0.15, 0.2) is 72.1 Å². The van der Waals surface area contributed by atoms with Gasteiger partial charge in [0.15, 0.2) is 5.17 Å². The monoisotopic (exact) mass is 402 g/mol. The molecule has 2 aliphatic heterocycles. The number of nitrogens with two attached hydrogens (primary N) is 2. The zero-order chi connectivity index (χ0) is 19.8.